The number of nitrogens with one attached hydrogen (secondary N) is 2. The van der Waals surface area contributed by atoms with Crippen LogP contribution in [0.2, 0.25) is 0 Å². The van der Waals surface area contributed by atoms with Crippen molar-refractivity contribution in [2.75, 3.05) is 13.1 Å². The van der Waals surface area contributed by atoms with Crippen molar-refractivity contribution in [3.05, 3.63) is 39.9 Å². The molecule has 0 aliphatic heterocycles. The van der Waals surface area contributed by atoms with Gasteiger partial charge in [-0.1, -0.05) is 0 Å². The van der Waals surface area contributed by atoms with E-state index in [4.69, 9.17) is 5.11 Å². The first-order valence-corrected chi connectivity index (χ1v) is 5.91. The van der Waals surface area contributed by atoms with E-state index in [1.165, 1.54) is 24.3 Å². The number of carbonyl (C=O) groups excluding carboxylic acids is 2. The second-order valence-corrected chi connectivity index (χ2v) is 3.98. The van der Waals surface area contributed by atoms with Crippen LogP contribution in [0, 0.1) is 10.1 Å². The lowest BCUT2D eigenvalue weighted by Crippen LogP contribution is -2.33. The lowest BCUT2D eigenvalue weighted by molar-refractivity contribution is -0.384. The fourth-order valence-electron chi connectivity index (χ4n) is 1.39. The van der Waals surface area contributed by atoms with E-state index >= 15 is 0 Å². The molecule has 0 saturated carbocycles. The van der Waals surface area contributed by atoms with Crippen LogP contribution in [0.15, 0.2) is 24.3 Å². The van der Waals surface area contributed by atoms with Crippen LogP contribution in [0.3, 0.4) is 0 Å². The highest BCUT2D eigenvalue weighted by Gasteiger charge is 2.10. The second-order valence-electron chi connectivity index (χ2n) is 3.98. The van der Waals surface area contributed by atoms with E-state index in [0.717, 1.165) is 0 Å². The van der Waals surface area contributed by atoms with Crippen molar-refractivity contribution in [1.29, 1.82) is 0 Å². The summed E-state index contributed by atoms with van der Waals surface area (Å²) in [5, 5.41) is 23.4. The molecule has 0 radical (unpaired) electrons. The molecule has 0 spiro atoms. The predicted molar refractivity (Wildman–Crippen MR) is 70.7 cm³/mol. The molecule has 1 rings (SSSR count). The Morgan fingerprint density at radius 1 is 1.14 bits per heavy atom. The minimum Gasteiger partial charge on any atom is -0.480 e. The normalized spacial score (nSPS) is 9.71. The van der Waals surface area contributed by atoms with E-state index in [1.807, 2.05) is 0 Å². The Morgan fingerprint density at radius 2 is 1.76 bits per heavy atom. The monoisotopic (exact) mass is 295 g/mol. The fourth-order valence-corrected chi connectivity index (χ4v) is 1.39. The highest BCUT2D eigenvalue weighted by Crippen LogP contribution is 2.11. The van der Waals surface area contributed by atoms with Gasteiger partial charge in [-0.05, 0) is 12.1 Å². The van der Waals surface area contributed by atoms with Crippen LogP contribution in [0.4, 0.5) is 5.69 Å². The third kappa shape index (κ3) is 5.68. The molecule has 21 heavy (non-hydrogen) atoms. The van der Waals surface area contributed by atoms with Gasteiger partial charge in [-0.2, -0.15) is 0 Å². The predicted octanol–water partition coefficient (Wildman–Crippen LogP) is -0.0845. The summed E-state index contributed by atoms with van der Waals surface area (Å²) in [6, 6.07) is 5.01. The molecule has 0 fully saturated rings. The van der Waals surface area contributed by atoms with Gasteiger partial charge >= 0.3 is 5.97 Å². The number of nitro groups is 1. The summed E-state index contributed by atoms with van der Waals surface area (Å²) in [4.78, 5) is 42.9. The molecule has 1 aromatic carbocycles. The Morgan fingerprint density at radius 3 is 2.29 bits per heavy atom. The molecule has 0 unspecified atom stereocenters. The number of carboxylic acid groups (broad SMARTS) is 1. The fraction of sp³-hybridized carbons (Fsp3) is 0.250. The smallest absolute Gasteiger partial charge is 0.322 e. The molecule has 9 heteroatoms. The van der Waals surface area contributed by atoms with Gasteiger partial charge in [0.2, 0.25) is 5.91 Å². The van der Waals surface area contributed by atoms with E-state index < -0.39 is 29.3 Å². The largest absolute Gasteiger partial charge is 0.480 e. The zero-order valence-corrected chi connectivity index (χ0v) is 10.9. The Bertz CT molecular complexity index is 555. The first-order chi connectivity index (χ1) is 9.90. The maximum Gasteiger partial charge on any atom is 0.322 e. The highest BCUT2D eigenvalue weighted by atomic mass is 16.6. The van der Waals surface area contributed by atoms with E-state index in [0.29, 0.717) is 0 Å². The molecule has 1 aromatic rings. The number of amides is 2. The van der Waals surface area contributed by atoms with Crippen LogP contribution in [0.25, 0.3) is 0 Å². The average Bonchev–Trinajstić information content (AvgIpc) is 2.45. The average molecular weight is 295 g/mol. The zero-order valence-electron chi connectivity index (χ0n) is 10.9. The quantitative estimate of drug-likeness (QED) is 0.475. The Labute approximate surface area is 119 Å². The molecule has 0 atom stereocenters. The van der Waals surface area contributed by atoms with Gasteiger partial charge in [0.05, 0.1) is 4.92 Å². The van der Waals surface area contributed by atoms with Gasteiger partial charge in [0.25, 0.3) is 11.6 Å². The molecular weight excluding hydrogens is 282 g/mol. The number of carbonyl (C=O) groups is 3. The van der Waals surface area contributed by atoms with Crippen molar-refractivity contribution in [2.24, 2.45) is 0 Å². The maximum atomic E-state index is 11.7. The molecule has 112 valence electrons. The summed E-state index contributed by atoms with van der Waals surface area (Å²) in [6.07, 6.45) is -0.0635. The van der Waals surface area contributed by atoms with E-state index in [-0.39, 0.29) is 24.2 Å². The summed E-state index contributed by atoms with van der Waals surface area (Å²) in [5.74, 6) is -2.13. The van der Waals surface area contributed by atoms with E-state index in [9.17, 15) is 24.5 Å². The summed E-state index contributed by atoms with van der Waals surface area (Å²) in [7, 11) is 0. The van der Waals surface area contributed by atoms with Gasteiger partial charge in [0.15, 0.2) is 0 Å². The number of benzene rings is 1. The van der Waals surface area contributed by atoms with Crippen LogP contribution in [-0.4, -0.2) is 40.9 Å². The molecule has 9 nitrogen and oxygen atoms in total. The number of nitrogens with zero attached hydrogens (tertiary/aromatic N) is 1. The van der Waals surface area contributed by atoms with E-state index in [2.05, 4.69) is 10.6 Å². The van der Waals surface area contributed by atoms with E-state index in [1.54, 1.807) is 0 Å². The first-order valence-electron chi connectivity index (χ1n) is 5.91. The van der Waals surface area contributed by atoms with Crippen molar-refractivity contribution in [3.63, 3.8) is 0 Å². The van der Waals surface area contributed by atoms with Crippen molar-refractivity contribution in [1.82, 2.24) is 10.6 Å². The number of nitro benzene ring substituents is 1. The number of aliphatic carboxylic acids is 1. The standard InChI is InChI=1S/C12H13N3O6/c16-10(14-7-11(17)18)5-6-13-12(19)8-1-3-9(4-2-8)15(20)21/h1-4H,5-7H2,(H,13,19)(H,14,16)(H,17,18). The van der Waals surface area contributed by atoms with Gasteiger partial charge < -0.3 is 15.7 Å². The third-order valence-corrected chi connectivity index (χ3v) is 2.41. The van der Waals surface area contributed by atoms with Crippen LogP contribution in [-0.2, 0) is 9.59 Å². The third-order valence-electron chi connectivity index (χ3n) is 2.41. The lowest BCUT2D eigenvalue weighted by Gasteiger charge is -2.05. The molecule has 0 aromatic heterocycles. The first kappa shape index (κ1) is 16.1. The number of hydrogen-bond donors (Lipinski definition) is 3. The molecule has 0 saturated heterocycles. The summed E-state index contributed by atoms with van der Waals surface area (Å²) in [6.45, 7) is -0.448. The second kappa shape index (κ2) is 7.58. The number of rotatable bonds is 7. The number of non-ortho nitro benzene ring substituents is 1. The van der Waals surface area contributed by atoms with Crippen molar-refractivity contribution < 1.29 is 24.4 Å². The van der Waals surface area contributed by atoms with Crippen LogP contribution >= 0.6 is 0 Å². The number of hydrogen-bond acceptors (Lipinski definition) is 5. The summed E-state index contributed by atoms with van der Waals surface area (Å²) >= 11 is 0. The molecule has 0 heterocycles. The minimum atomic E-state index is -1.15. The van der Waals surface area contributed by atoms with Crippen molar-refractivity contribution >= 4 is 23.5 Å². The Hall–Kier alpha value is -2.97. The van der Waals surface area contributed by atoms with Gasteiger partial charge in [-0.3, -0.25) is 24.5 Å². The summed E-state index contributed by atoms with van der Waals surface area (Å²) < 4.78 is 0. The highest BCUT2D eigenvalue weighted by molar-refractivity contribution is 5.94. The van der Waals surface area contributed by atoms with Gasteiger partial charge in [-0.25, -0.2) is 0 Å². The molecule has 0 bridgehead atoms. The minimum absolute atomic E-state index is 0.0290. The Balaban J connectivity index is 2.38. The maximum absolute atomic E-state index is 11.7. The van der Waals surface area contributed by atoms with Gasteiger partial charge in [0, 0.05) is 30.7 Å². The number of carboxylic acids is 1. The molecule has 2 amide bonds. The molecule has 0 aliphatic rings. The molecular formula is C12H13N3O6. The SMILES string of the molecule is O=C(O)CNC(=O)CCNC(=O)c1ccc([N+](=O)[O-])cc1. The van der Waals surface area contributed by atoms with Crippen molar-refractivity contribution in [2.45, 2.75) is 6.42 Å². The van der Waals surface area contributed by atoms with Crippen LogP contribution in [0.5, 0.6) is 0 Å². The van der Waals surface area contributed by atoms with Gasteiger partial charge in [-0.15, -0.1) is 0 Å². The van der Waals surface area contributed by atoms with Crippen LogP contribution < -0.4 is 10.6 Å². The topological polar surface area (TPSA) is 139 Å². The zero-order chi connectivity index (χ0) is 15.8. The van der Waals surface area contributed by atoms with Crippen molar-refractivity contribution in [3.8, 4) is 0 Å². The molecule has 0 aliphatic carbocycles. The van der Waals surface area contributed by atoms with Crippen LogP contribution in [0.1, 0.15) is 16.8 Å². The Kier molecular flexibility index (Phi) is 5.80. The van der Waals surface area contributed by atoms with Gasteiger partial charge in [0.1, 0.15) is 6.54 Å². The summed E-state index contributed by atoms with van der Waals surface area (Å²) in [5.41, 5.74) is 0.103. The molecule has 3 N–H and O–H groups in total. The lowest BCUT2D eigenvalue weighted by atomic mass is 10.2.